The minimum atomic E-state index is 0.771. The predicted octanol–water partition coefficient (Wildman–Crippen LogP) is 2.90. The normalized spacial score (nSPS) is 10.4. The topological polar surface area (TPSA) is 26.0 Å². The van der Waals surface area contributed by atoms with Gasteiger partial charge in [0.2, 0.25) is 0 Å². The van der Waals surface area contributed by atoms with Gasteiger partial charge in [-0.1, -0.05) is 35.0 Å². The lowest BCUT2D eigenvalue weighted by Crippen LogP contribution is -2.00. The summed E-state index contributed by atoms with van der Waals surface area (Å²) in [7, 11) is 0. The average Bonchev–Trinajstić information content (AvgIpc) is 2.15. The molecule has 1 aromatic carbocycles. The minimum absolute atomic E-state index is 0.771. The quantitative estimate of drug-likeness (QED) is 0.863. The van der Waals surface area contributed by atoms with Crippen LogP contribution in [0.5, 0.6) is 0 Å². The van der Waals surface area contributed by atoms with Gasteiger partial charge in [-0.3, -0.25) is 0 Å². The van der Waals surface area contributed by atoms with Crippen LogP contribution in [0.2, 0.25) is 0 Å². The highest BCUT2D eigenvalue weighted by Gasteiger charge is 1.98. The minimum Gasteiger partial charge on any atom is -0.330 e. The highest BCUT2D eigenvalue weighted by molar-refractivity contribution is 9.10. The molecular weight excluding hydrogens is 226 g/mol. The molecule has 2 heteroatoms. The van der Waals surface area contributed by atoms with E-state index in [1.807, 2.05) is 0 Å². The summed E-state index contributed by atoms with van der Waals surface area (Å²) in [6.07, 6.45) is 3.23. The van der Waals surface area contributed by atoms with Gasteiger partial charge in [0.1, 0.15) is 0 Å². The van der Waals surface area contributed by atoms with E-state index in [1.165, 1.54) is 15.6 Å². The van der Waals surface area contributed by atoms with Gasteiger partial charge in [-0.05, 0) is 43.0 Å². The summed E-state index contributed by atoms with van der Waals surface area (Å²) in [5.41, 5.74) is 8.20. The number of benzene rings is 1. The van der Waals surface area contributed by atoms with Crippen molar-refractivity contribution in [3.8, 4) is 0 Å². The smallest absolute Gasteiger partial charge is 0.0209 e. The maximum Gasteiger partial charge on any atom is 0.0209 e. The Morgan fingerprint density at radius 3 is 2.69 bits per heavy atom. The van der Waals surface area contributed by atoms with Gasteiger partial charge in [-0.2, -0.15) is 0 Å². The summed E-state index contributed by atoms with van der Waals surface area (Å²) in [5.74, 6) is 0. The fourth-order valence-electron chi connectivity index (χ4n) is 1.34. The van der Waals surface area contributed by atoms with Crippen LogP contribution in [0, 0.1) is 0 Å². The second kappa shape index (κ2) is 5.40. The molecule has 0 saturated heterocycles. The maximum absolute atomic E-state index is 5.46. The van der Waals surface area contributed by atoms with Gasteiger partial charge in [0.05, 0.1) is 0 Å². The number of hydrogen-bond acceptors (Lipinski definition) is 1. The van der Waals surface area contributed by atoms with E-state index in [-0.39, 0.29) is 0 Å². The van der Waals surface area contributed by atoms with Crippen molar-refractivity contribution in [2.45, 2.75) is 26.2 Å². The SMILES string of the molecule is CCc1ccc(CCCN)cc1Br. The van der Waals surface area contributed by atoms with Crippen LogP contribution in [0.15, 0.2) is 22.7 Å². The molecule has 0 aliphatic heterocycles. The van der Waals surface area contributed by atoms with Crippen LogP contribution in [0.3, 0.4) is 0 Å². The van der Waals surface area contributed by atoms with Gasteiger partial charge in [0.15, 0.2) is 0 Å². The molecule has 0 unspecified atom stereocenters. The fraction of sp³-hybridized carbons (Fsp3) is 0.455. The van der Waals surface area contributed by atoms with Gasteiger partial charge in [-0.15, -0.1) is 0 Å². The summed E-state index contributed by atoms with van der Waals surface area (Å²) >= 11 is 3.57. The Labute approximate surface area is 88.5 Å². The van der Waals surface area contributed by atoms with Gasteiger partial charge in [0.25, 0.3) is 0 Å². The largest absolute Gasteiger partial charge is 0.330 e. The van der Waals surface area contributed by atoms with Crippen LogP contribution in [0.1, 0.15) is 24.5 Å². The van der Waals surface area contributed by atoms with Gasteiger partial charge < -0.3 is 5.73 Å². The molecule has 0 fully saturated rings. The third kappa shape index (κ3) is 3.12. The molecule has 0 radical (unpaired) electrons. The zero-order chi connectivity index (χ0) is 9.68. The number of rotatable bonds is 4. The highest BCUT2D eigenvalue weighted by Crippen LogP contribution is 2.19. The Morgan fingerprint density at radius 2 is 2.15 bits per heavy atom. The van der Waals surface area contributed by atoms with Crippen molar-refractivity contribution < 1.29 is 0 Å². The molecule has 0 atom stereocenters. The van der Waals surface area contributed by atoms with Crippen molar-refractivity contribution in [3.05, 3.63) is 33.8 Å². The first-order chi connectivity index (χ1) is 6.27. The zero-order valence-electron chi connectivity index (χ0n) is 8.02. The molecule has 1 aromatic rings. The highest BCUT2D eigenvalue weighted by atomic mass is 79.9. The predicted molar refractivity (Wildman–Crippen MR) is 60.9 cm³/mol. The summed E-state index contributed by atoms with van der Waals surface area (Å²) in [5, 5.41) is 0. The van der Waals surface area contributed by atoms with Gasteiger partial charge >= 0.3 is 0 Å². The number of halogens is 1. The van der Waals surface area contributed by atoms with E-state index in [2.05, 4.69) is 41.1 Å². The summed E-state index contributed by atoms with van der Waals surface area (Å²) in [4.78, 5) is 0. The molecule has 1 rings (SSSR count). The van der Waals surface area contributed by atoms with Gasteiger partial charge in [-0.25, -0.2) is 0 Å². The first-order valence-electron chi connectivity index (χ1n) is 4.75. The van der Waals surface area contributed by atoms with Crippen molar-refractivity contribution in [1.29, 1.82) is 0 Å². The van der Waals surface area contributed by atoms with E-state index in [9.17, 15) is 0 Å². The molecule has 0 bridgehead atoms. The third-order valence-electron chi connectivity index (χ3n) is 2.17. The van der Waals surface area contributed by atoms with Crippen LogP contribution < -0.4 is 5.73 Å². The molecule has 0 amide bonds. The number of hydrogen-bond donors (Lipinski definition) is 1. The lowest BCUT2D eigenvalue weighted by molar-refractivity contribution is 0.831. The maximum atomic E-state index is 5.46. The third-order valence-corrected chi connectivity index (χ3v) is 2.91. The Balaban J connectivity index is 2.71. The molecule has 13 heavy (non-hydrogen) atoms. The van der Waals surface area contributed by atoms with Crippen LogP contribution in [-0.2, 0) is 12.8 Å². The number of aryl methyl sites for hydroxylation is 2. The molecule has 2 N–H and O–H groups in total. The van der Waals surface area contributed by atoms with Crippen LogP contribution in [-0.4, -0.2) is 6.54 Å². The van der Waals surface area contributed by atoms with Crippen LogP contribution in [0.25, 0.3) is 0 Å². The zero-order valence-corrected chi connectivity index (χ0v) is 9.60. The van der Waals surface area contributed by atoms with E-state index in [0.29, 0.717) is 0 Å². The first-order valence-corrected chi connectivity index (χ1v) is 5.54. The van der Waals surface area contributed by atoms with Crippen molar-refractivity contribution in [1.82, 2.24) is 0 Å². The monoisotopic (exact) mass is 241 g/mol. The van der Waals surface area contributed by atoms with E-state index < -0.39 is 0 Å². The molecule has 0 aromatic heterocycles. The Bertz CT molecular complexity index is 271. The molecule has 72 valence electrons. The van der Waals surface area contributed by atoms with E-state index in [1.54, 1.807) is 0 Å². The molecule has 0 saturated carbocycles. The average molecular weight is 242 g/mol. The summed E-state index contributed by atoms with van der Waals surface area (Å²) in [6.45, 7) is 2.94. The lowest BCUT2D eigenvalue weighted by Gasteiger charge is -2.04. The van der Waals surface area contributed by atoms with Crippen molar-refractivity contribution in [2.24, 2.45) is 5.73 Å². The molecule has 0 spiro atoms. The molecule has 0 aliphatic carbocycles. The van der Waals surface area contributed by atoms with Crippen LogP contribution >= 0.6 is 15.9 Å². The molecule has 0 heterocycles. The molecule has 0 aliphatic rings. The Morgan fingerprint density at radius 1 is 1.38 bits per heavy atom. The van der Waals surface area contributed by atoms with Crippen molar-refractivity contribution >= 4 is 15.9 Å². The summed E-state index contributed by atoms with van der Waals surface area (Å²) in [6, 6.07) is 6.59. The van der Waals surface area contributed by atoms with E-state index >= 15 is 0 Å². The standard InChI is InChI=1S/C11H16BrN/c1-2-10-6-5-9(4-3-7-13)8-11(10)12/h5-6,8H,2-4,7,13H2,1H3. The van der Waals surface area contributed by atoms with Gasteiger partial charge in [0, 0.05) is 4.47 Å². The van der Waals surface area contributed by atoms with E-state index in [0.717, 1.165) is 25.8 Å². The van der Waals surface area contributed by atoms with Crippen molar-refractivity contribution in [3.63, 3.8) is 0 Å². The molecule has 1 nitrogen and oxygen atoms in total. The van der Waals surface area contributed by atoms with Crippen LogP contribution in [0.4, 0.5) is 0 Å². The van der Waals surface area contributed by atoms with E-state index in [4.69, 9.17) is 5.73 Å². The Hall–Kier alpha value is -0.340. The first kappa shape index (κ1) is 10.7. The Kier molecular flexibility index (Phi) is 4.46. The fourth-order valence-corrected chi connectivity index (χ4v) is 2.05. The second-order valence-electron chi connectivity index (χ2n) is 3.17. The number of nitrogens with two attached hydrogens (primary N) is 1. The molecular formula is C11H16BrN. The lowest BCUT2D eigenvalue weighted by atomic mass is 10.1. The summed E-state index contributed by atoms with van der Waals surface area (Å²) < 4.78 is 1.23. The second-order valence-corrected chi connectivity index (χ2v) is 4.03. The van der Waals surface area contributed by atoms with Crippen molar-refractivity contribution in [2.75, 3.05) is 6.54 Å².